The predicted octanol–water partition coefficient (Wildman–Crippen LogP) is 2.79. The summed E-state index contributed by atoms with van der Waals surface area (Å²) < 4.78 is 0. The molecule has 0 aromatic heterocycles. The third kappa shape index (κ3) is 3.45. The van der Waals surface area contributed by atoms with Crippen molar-refractivity contribution in [1.82, 2.24) is 10.6 Å². The molecular formula is C15H30N2. The number of nitrogens with one attached hydrogen (secondary N) is 2. The van der Waals surface area contributed by atoms with Gasteiger partial charge in [0.1, 0.15) is 0 Å². The minimum Gasteiger partial charge on any atom is -0.316 e. The van der Waals surface area contributed by atoms with Gasteiger partial charge in [0.15, 0.2) is 0 Å². The zero-order valence-corrected chi connectivity index (χ0v) is 11.8. The molecule has 1 aliphatic heterocycles. The Labute approximate surface area is 107 Å². The predicted molar refractivity (Wildman–Crippen MR) is 74.2 cm³/mol. The van der Waals surface area contributed by atoms with Crippen molar-refractivity contribution in [2.24, 2.45) is 17.8 Å². The topological polar surface area (TPSA) is 24.1 Å². The highest BCUT2D eigenvalue weighted by atomic mass is 15.0. The Kier molecular flexibility index (Phi) is 4.87. The normalized spacial score (nSPS) is 39.5. The largest absolute Gasteiger partial charge is 0.316 e. The maximum atomic E-state index is 4.00. The summed E-state index contributed by atoms with van der Waals surface area (Å²) in [6.45, 7) is 9.57. The molecule has 1 saturated carbocycles. The van der Waals surface area contributed by atoms with Crippen LogP contribution >= 0.6 is 0 Å². The minimum absolute atomic E-state index is 0.751. The third-order valence-corrected chi connectivity index (χ3v) is 4.89. The molecule has 1 heterocycles. The molecule has 2 fully saturated rings. The highest BCUT2D eigenvalue weighted by molar-refractivity contribution is 4.89. The van der Waals surface area contributed by atoms with Gasteiger partial charge in [-0.2, -0.15) is 0 Å². The Balaban J connectivity index is 1.90. The van der Waals surface area contributed by atoms with Crippen LogP contribution in [0, 0.1) is 17.8 Å². The average Bonchev–Trinajstić information content (AvgIpc) is 2.32. The molecule has 0 radical (unpaired) electrons. The summed E-state index contributed by atoms with van der Waals surface area (Å²) in [5.74, 6) is 2.54. The molecule has 100 valence electrons. The average molecular weight is 238 g/mol. The van der Waals surface area contributed by atoms with E-state index < -0.39 is 0 Å². The van der Waals surface area contributed by atoms with Crippen LogP contribution in [0.5, 0.6) is 0 Å². The van der Waals surface area contributed by atoms with E-state index in [0.29, 0.717) is 0 Å². The summed E-state index contributed by atoms with van der Waals surface area (Å²) in [5.41, 5.74) is 0. The molecular weight excluding hydrogens is 208 g/mol. The van der Waals surface area contributed by atoms with E-state index in [1.165, 1.54) is 45.2 Å². The number of piperidine rings is 1. The second-order valence-electron chi connectivity index (χ2n) is 6.54. The van der Waals surface area contributed by atoms with E-state index >= 15 is 0 Å². The van der Waals surface area contributed by atoms with Gasteiger partial charge in [-0.25, -0.2) is 0 Å². The van der Waals surface area contributed by atoms with Gasteiger partial charge in [0.25, 0.3) is 0 Å². The zero-order chi connectivity index (χ0) is 12.3. The van der Waals surface area contributed by atoms with E-state index in [0.717, 1.165) is 29.8 Å². The van der Waals surface area contributed by atoms with Crippen molar-refractivity contribution in [2.45, 2.75) is 65.0 Å². The lowest BCUT2D eigenvalue weighted by Crippen LogP contribution is -2.53. The Morgan fingerprint density at radius 3 is 2.53 bits per heavy atom. The molecule has 0 amide bonds. The van der Waals surface area contributed by atoms with Crippen molar-refractivity contribution in [3.63, 3.8) is 0 Å². The van der Waals surface area contributed by atoms with E-state index in [1.54, 1.807) is 0 Å². The SMILES string of the molecule is CC(C)C1CCCCC1NC1CCNCC1C. The summed E-state index contributed by atoms with van der Waals surface area (Å²) in [4.78, 5) is 0. The molecule has 2 N–H and O–H groups in total. The molecule has 2 heteroatoms. The molecule has 2 aliphatic rings. The first-order chi connectivity index (χ1) is 8.18. The highest BCUT2D eigenvalue weighted by Crippen LogP contribution is 2.31. The molecule has 17 heavy (non-hydrogen) atoms. The standard InChI is InChI=1S/C15H30N2/c1-11(2)13-6-4-5-7-15(13)17-14-8-9-16-10-12(14)3/h11-17H,4-10H2,1-3H3. The molecule has 0 aromatic carbocycles. The van der Waals surface area contributed by atoms with E-state index in [4.69, 9.17) is 0 Å². The van der Waals surface area contributed by atoms with E-state index in [2.05, 4.69) is 31.4 Å². The van der Waals surface area contributed by atoms with Gasteiger partial charge in [-0.1, -0.05) is 33.6 Å². The number of hydrogen-bond acceptors (Lipinski definition) is 2. The summed E-state index contributed by atoms with van der Waals surface area (Å²) in [5, 5.41) is 7.49. The molecule has 4 atom stereocenters. The van der Waals surface area contributed by atoms with Crippen LogP contribution in [0.4, 0.5) is 0 Å². The Morgan fingerprint density at radius 1 is 1.06 bits per heavy atom. The van der Waals surface area contributed by atoms with Crippen LogP contribution in [0.1, 0.15) is 52.9 Å². The minimum atomic E-state index is 0.751. The Hall–Kier alpha value is -0.0800. The van der Waals surface area contributed by atoms with Gasteiger partial charge >= 0.3 is 0 Å². The number of rotatable bonds is 3. The molecule has 0 spiro atoms. The van der Waals surface area contributed by atoms with Crippen LogP contribution < -0.4 is 10.6 Å². The van der Waals surface area contributed by atoms with Gasteiger partial charge in [0, 0.05) is 12.1 Å². The van der Waals surface area contributed by atoms with Gasteiger partial charge in [0.2, 0.25) is 0 Å². The molecule has 1 aliphatic carbocycles. The maximum Gasteiger partial charge on any atom is 0.0120 e. The van der Waals surface area contributed by atoms with Crippen LogP contribution in [0.3, 0.4) is 0 Å². The van der Waals surface area contributed by atoms with Crippen molar-refractivity contribution in [3.8, 4) is 0 Å². The van der Waals surface area contributed by atoms with Gasteiger partial charge in [-0.3, -0.25) is 0 Å². The lowest BCUT2D eigenvalue weighted by atomic mass is 9.77. The second-order valence-corrected chi connectivity index (χ2v) is 6.54. The summed E-state index contributed by atoms with van der Waals surface area (Å²) in [7, 11) is 0. The van der Waals surface area contributed by atoms with Crippen molar-refractivity contribution in [2.75, 3.05) is 13.1 Å². The summed E-state index contributed by atoms with van der Waals surface area (Å²) in [6.07, 6.45) is 7.03. The van der Waals surface area contributed by atoms with Crippen LogP contribution in [0.25, 0.3) is 0 Å². The van der Waals surface area contributed by atoms with Crippen molar-refractivity contribution in [3.05, 3.63) is 0 Å². The van der Waals surface area contributed by atoms with Crippen LogP contribution in [0.15, 0.2) is 0 Å². The molecule has 0 aromatic rings. The number of hydrogen-bond donors (Lipinski definition) is 2. The fourth-order valence-corrected chi connectivity index (χ4v) is 3.70. The smallest absolute Gasteiger partial charge is 0.0120 e. The fraction of sp³-hybridized carbons (Fsp3) is 1.00. The maximum absolute atomic E-state index is 4.00. The summed E-state index contributed by atoms with van der Waals surface area (Å²) in [6, 6.07) is 1.54. The fourth-order valence-electron chi connectivity index (χ4n) is 3.70. The van der Waals surface area contributed by atoms with Crippen molar-refractivity contribution in [1.29, 1.82) is 0 Å². The van der Waals surface area contributed by atoms with E-state index in [1.807, 2.05) is 0 Å². The van der Waals surface area contributed by atoms with Crippen molar-refractivity contribution >= 4 is 0 Å². The molecule has 2 rings (SSSR count). The summed E-state index contributed by atoms with van der Waals surface area (Å²) >= 11 is 0. The molecule has 4 unspecified atom stereocenters. The monoisotopic (exact) mass is 238 g/mol. The first-order valence-corrected chi connectivity index (χ1v) is 7.65. The van der Waals surface area contributed by atoms with E-state index in [-0.39, 0.29) is 0 Å². The van der Waals surface area contributed by atoms with Crippen LogP contribution in [0.2, 0.25) is 0 Å². The van der Waals surface area contributed by atoms with Crippen molar-refractivity contribution < 1.29 is 0 Å². The molecule has 0 bridgehead atoms. The first kappa shape index (κ1) is 13.4. The molecule has 2 nitrogen and oxygen atoms in total. The lowest BCUT2D eigenvalue weighted by Gasteiger charge is -2.40. The Morgan fingerprint density at radius 2 is 1.82 bits per heavy atom. The molecule has 1 saturated heterocycles. The highest BCUT2D eigenvalue weighted by Gasteiger charge is 2.31. The van der Waals surface area contributed by atoms with Crippen LogP contribution in [-0.2, 0) is 0 Å². The van der Waals surface area contributed by atoms with Gasteiger partial charge in [0.05, 0.1) is 0 Å². The van der Waals surface area contributed by atoms with Gasteiger partial charge < -0.3 is 10.6 Å². The van der Waals surface area contributed by atoms with Crippen LogP contribution in [-0.4, -0.2) is 25.2 Å². The van der Waals surface area contributed by atoms with Gasteiger partial charge in [-0.15, -0.1) is 0 Å². The second kappa shape index (κ2) is 6.19. The first-order valence-electron chi connectivity index (χ1n) is 7.65. The van der Waals surface area contributed by atoms with E-state index in [9.17, 15) is 0 Å². The quantitative estimate of drug-likeness (QED) is 0.790. The Bertz CT molecular complexity index is 227. The zero-order valence-electron chi connectivity index (χ0n) is 11.8. The third-order valence-electron chi connectivity index (χ3n) is 4.89. The van der Waals surface area contributed by atoms with Gasteiger partial charge in [-0.05, 0) is 50.1 Å². The lowest BCUT2D eigenvalue weighted by molar-refractivity contribution is 0.165.